The number of hydrogen-bond donors (Lipinski definition) is 0. The maximum atomic E-state index is 14.1. The Labute approximate surface area is 208 Å². The van der Waals surface area contributed by atoms with Crippen molar-refractivity contribution in [1.29, 1.82) is 0 Å². The molecule has 2 unspecified atom stereocenters. The second kappa shape index (κ2) is 16.2. The molecule has 12 heteroatoms. The smallest absolute Gasteiger partial charge is 0.343 e. The summed E-state index contributed by atoms with van der Waals surface area (Å²) in [5, 5.41) is -0.918. The SMILES string of the molecule is CCCCSC(C(=O)OCC)C(c1occc1CP(=O)(OCC)OCC)P(=O)(OCC)OCC. The van der Waals surface area contributed by atoms with Crippen LogP contribution in [0.3, 0.4) is 0 Å². The Morgan fingerprint density at radius 3 is 2.03 bits per heavy atom. The zero-order valence-corrected chi connectivity index (χ0v) is 23.8. The zero-order valence-electron chi connectivity index (χ0n) is 21.2. The fraction of sp³-hybridized carbons (Fsp3) is 0.773. The van der Waals surface area contributed by atoms with E-state index in [4.69, 9.17) is 27.2 Å². The van der Waals surface area contributed by atoms with E-state index in [2.05, 4.69) is 0 Å². The molecule has 0 bridgehead atoms. The molecule has 0 saturated heterocycles. The van der Waals surface area contributed by atoms with Gasteiger partial charge in [-0.2, -0.15) is 0 Å². The van der Waals surface area contributed by atoms with Crippen LogP contribution in [-0.2, 0) is 42.9 Å². The summed E-state index contributed by atoms with van der Waals surface area (Å²) >= 11 is 1.33. The summed E-state index contributed by atoms with van der Waals surface area (Å²) in [5.74, 6) is 0.307. The summed E-state index contributed by atoms with van der Waals surface area (Å²) in [6, 6.07) is 1.62. The van der Waals surface area contributed by atoms with Crippen LogP contribution in [0.15, 0.2) is 16.7 Å². The Bertz CT molecular complexity index is 794. The number of ether oxygens (including phenoxy) is 1. The summed E-state index contributed by atoms with van der Waals surface area (Å²) in [5.41, 5.74) is -0.643. The lowest BCUT2D eigenvalue weighted by Crippen LogP contribution is -2.29. The van der Waals surface area contributed by atoms with Crippen molar-refractivity contribution in [3.05, 3.63) is 23.7 Å². The van der Waals surface area contributed by atoms with Gasteiger partial charge < -0.3 is 27.2 Å². The van der Waals surface area contributed by atoms with Crippen LogP contribution in [0.1, 0.15) is 71.4 Å². The van der Waals surface area contributed by atoms with E-state index in [1.165, 1.54) is 18.0 Å². The van der Waals surface area contributed by atoms with Crippen molar-refractivity contribution in [3.63, 3.8) is 0 Å². The number of esters is 1. The lowest BCUT2D eigenvalue weighted by atomic mass is 10.1. The van der Waals surface area contributed by atoms with Gasteiger partial charge in [0, 0.05) is 5.56 Å². The summed E-state index contributed by atoms with van der Waals surface area (Å²) in [4.78, 5) is 13.1. The minimum Gasteiger partial charge on any atom is -0.468 e. The predicted molar refractivity (Wildman–Crippen MR) is 135 cm³/mol. The van der Waals surface area contributed by atoms with Crippen LogP contribution < -0.4 is 0 Å². The topological polar surface area (TPSA) is 110 Å². The van der Waals surface area contributed by atoms with Crippen LogP contribution in [0, 0.1) is 0 Å². The van der Waals surface area contributed by atoms with Crippen molar-refractivity contribution in [1.82, 2.24) is 0 Å². The molecule has 1 heterocycles. The summed E-state index contributed by atoms with van der Waals surface area (Å²) < 4.78 is 60.7. The third-order valence-electron chi connectivity index (χ3n) is 4.62. The normalized spacial score (nSPS) is 14.2. The lowest BCUT2D eigenvalue weighted by Gasteiger charge is -2.30. The molecule has 0 saturated carbocycles. The Balaban J connectivity index is 3.63. The highest BCUT2D eigenvalue weighted by Gasteiger charge is 2.49. The minimum atomic E-state index is -3.91. The summed E-state index contributed by atoms with van der Waals surface area (Å²) in [6.45, 7) is 11.4. The van der Waals surface area contributed by atoms with Gasteiger partial charge in [0.1, 0.15) is 16.7 Å². The summed E-state index contributed by atoms with van der Waals surface area (Å²) in [6.07, 6.45) is 3.08. The van der Waals surface area contributed by atoms with E-state index in [9.17, 15) is 13.9 Å². The second-order valence-corrected chi connectivity index (χ2v) is 12.6. The monoisotopic (exact) mass is 542 g/mol. The standard InChI is InChI=1S/C22H40O9P2S/c1-7-13-16-34-21(22(23)26-8-2)20(33(25,30-11-5)31-12-6)19-18(14-15-27-19)17-32(24,28-9-3)29-10-4/h14-15,20-21H,7-13,16-17H2,1-6H3. The number of carbonyl (C=O) groups is 1. The first-order chi connectivity index (χ1) is 16.3. The van der Waals surface area contributed by atoms with Gasteiger partial charge in [0.25, 0.3) is 0 Å². The maximum Gasteiger partial charge on any atom is 0.343 e. The number of carbonyl (C=O) groups excluding carboxylic acids is 1. The van der Waals surface area contributed by atoms with Crippen LogP contribution in [-0.4, -0.2) is 50.0 Å². The van der Waals surface area contributed by atoms with Crippen LogP contribution in [0.25, 0.3) is 0 Å². The molecule has 0 aliphatic heterocycles. The van der Waals surface area contributed by atoms with Crippen LogP contribution in [0.5, 0.6) is 0 Å². The molecule has 0 aromatic carbocycles. The molecule has 0 spiro atoms. The fourth-order valence-corrected chi connectivity index (χ4v) is 9.07. The Hall–Kier alpha value is -0.600. The molecule has 34 heavy (non-hydrogen) atoms. The molecule has 0 amide bonds. The molecule has 9 nitrogen and oxygen atoms in total. The third-order valence-corrected chi connectivity index (χ3v) is 10.7. The molecular formula is C22H40O9P2S. The van der Waals surface area contributed by atoms with Crippen molar-refractivity contribution >= 4 is 32.9 Å². The molecule has 198 valence electrons. The minimum absolute atomic E-state index is 0.107. The molecule has 0 fully saturated rings. The first-order valence-corrected chi connectivity index (χ1v) is 16.3. The first-order valence-electron chi connectivity index (χ1n) is 11.9. The van der Waals surface area contributed by atoms with Gasteiger partial charge in [0.15, 0.2) is 0 Å². The Morgan fingerprint density at radius 2 is 1.53 bits per heavy atom. The van der Waals surface area contributed by atoms with E-state index in [1.807, 2.05) is 6.92 Å². The molecule has 2 atom stereocenters. The Kier molecular flexibility index (Phi) is 15.0. The predicted octanol–water partition coefficient (Wildman–Crippen LogP) is 6.82. The van der Waals surface area contributed by atoms with Crippen LogP contribution >= 0.6 is 27.0 Å². The Morgan fingerprint density at radius 1 is 0.941 bits per heavy atom. The highest BCUT2D eigenvalue weighted by molar-refractivity contribution is 8.00. The van der Waals surface area contributed by atoms with Gasteiger partial charge in [0.05, 0.1) is 45.5 Å². The van der Waals surface area contributed by atoms with Gasteiger partial charge in [-0.3, -0.25) is 13.9 Å². The average Bonchev–Trinajstić information content (AvgIpc) is 3.20. The molecule has 1 rings (SSSR count). The van der Waals surface area contributed by atoms with E-state index in [1.54, 1.807) is 40.7 Å². The molecular weight excluding hydrogens is 502 g/mol. The highest BCUT2D eigenvalue weighted by atomic mass is 32.2. The van der Waals surface area contributed by atoms with E-state index >= 15 is 0 Å². The van der Waals surface area contributed by atoms with Crippen molar-refractivity contribution in [2.24, 2.45) is 0 Å². The van der Waals surface area contributed by atoms with E-state index < -0.39 is 32.1 Å². The van der Waals surface area contributed by atoms with Gasteiger partial charge in [-0.15, -0.1) is 11.8 Å². The van der Waals surface area contributed by atoms with Crippen molar-refractivity contribution in [3.8, 4) is 0 Å². The lowest BCUT2D eigenvalue weighted by molar-refractivity contribution is -0.142. The maximum absolute atomic E-state index is 14.1. The van der Waals surface area contributed by atoms with E-state index in [0.717, 1.165) is 12.8 Å². The molecule has 0 N–H and O–H groups in total. The quantitative estimate of drug-likeness (QED) is 0.105. The van der Waals surface area contributed by atoms with E-state index in [-0.39, 0.29) is 45.0 Å². The molecule has 1 aromatic heterocycles. The number of hydrogen-bond acceptors (Lipinski definition) is 10. The second-order valence-electron chi connectivity index (χ2n) is 7.13. The number of unbranched alkanes of at least 4 members (excludes halogenated alkanes) is 1. The summed E-state index contributed by atoms with van der Waals surface area (Å²) in [7, 11) is -7.42. The van der Waals surface area contributed by atoms with Crippen molar-refractivity contribution in [2.75, 3.05) is 38.8 Å². The largest absolute Gasteiger partial charge is 0.468 e. The van der Waals surface area contributed by atoms with Crippen molar-refractivity contribution < 1.29 is 41.2 Å². The molecule has 0 aliphatic carbocycles. The molecule has 0 radical (unpaired) electrons. The number of thioether (sulfide) groups is 1. The molecule has 1 aromatic rings. The number of furan rings is 1. The third kappa shape index (κ3) is 9.12. The van der Waals surface area contributed by atoms with Gasteiger partial charge in [-0.05, 0) is 52.9 Å². The zero-order chi connectivity index (χ0) is 25.6. The van der Waals surface area contributed by atoms with Gasteiger partial charge >= 0.3 is 21.2 Å². The van der Waals surface area contributed by atoms with Crippen molar-refractivity contribution in [2.45, 2.75) is 71.5 Å². The van der Waals surface area contributed by atoms with Gasteiger partial charge in [-0.25, -0.2) is 0 Å². The van der Waals surface area contributed by atoms with Gasteiger partial charge in [0.2, 0.25) is 0 Å². The highest BCUT2D eigenvalue weighted by Crippen LogP contribution is 2.65. The molecule has 0 aliphatic rings. The van der Waals surface area contributed by atoms with Gasteiger partial charge in [-0.1, -0.05) is 13.3 Å². The number of rotatable bonds is 19. The van der Waals surface area contributed by atoms with Crippen LogP contribution in [0.4, 0.5) is 0 Å². The first kappa shape index (κ1) is 31.4. The fourth-order valence-electron chi connectivity index (χ4n) is 3.34. The average molecular weight is 543 g/mol. The van der Waals surface area contributed by atoms with E-state index in [0.29, 0.717) is 11.3 Å². The van der Waals surface area contributed by atoms with Crippen LogP contribution in [0.2, 0.25) is 0 Å².